The third kappa shape index (κ3) is 1.50. The first-order valence-corrected chi connectivity index (χ1v) is 3.04. The fourth-order valence-corrected chi connectivity index (χ4v) is 1.18. The molecule has 0 amide bonds. The first-order valence-electron chi connectivity index (χ1n) is 3.04. The van der Waals surface area contributed by atoms with Crippen LogP contribution in [-0.4, -0.2) is 18.4 Å². The summed E-state index contributed by atoms with van der Waals surface area (Å²) in [6.07, 6.45) is -9.67. The van der Waals surface area contributed by atoms with Gasteiger partial charge in [-0.2, -0.15) is 26.3 Å². The van der Waals surface area contributed by atoms with Gasteiger partial charge in [-0.1, -0.05) is 0 Å². The summed E-state index contributed by atoms with van der Waals surface area (Å²) in [6.45, 7) is 0. The van der Waals surface area contributed by atoms with Crippen molar-refractivity contribution in [1.29, 1.82) is 0 Å². The van der Waals surface area contributed by atoms with Crippen molar-refractivity contribution in [2.75, 3.05) is 0 Å². The van der Waals surface area contributed by atoms with E-state index >= 15 is 0 Å². The SMILES string of the molecule is NC1C(C(F)(F)F)C1C(F)(F)F. The van der Waals surface area contributed by atoms with E-state index in [2.05, 4.69) is 5.73 Å². The van der Waals surface area contributed by atoms with Crippen molar-refractivity contribution in [1.82, 2.24) is 0 Å². The van der Waals surface area contributed by atoms with Crippen molar-refractivity contribution in [2.45, 2.75) is 18.4 Å². The molecule has 1 aliphatic carbocycles. The van der Waals surface area contributed by atoms with Gasteiger partial charge in [-0.3, -0.25) is 0 Å². The first kappa shape index (κ1) is 9.63. The number of rotatable bonds is 0. The molecule has 72 valence electrons. The second-order valence-electron chi connectivity index (χ2n) is 2.71. The molecule has 2 atom stereocenters. The molecule has 2 N–H and O–H groups in total. The molecular weight excluding hydrogens is 188 g/mol. The molecule has 12 heavy (non-hydrogen) atoms. The molecule has 1 aliphatic rings. The van der Waals surface area contributed by atoms with E-state index in [9.17, 15) is 26.3 Å². The Morgan fingerprint density at radius 3 is 1.08 bits per heavy atom. The summed E-state index contributed by atoms with van der Waals surface area (Å²) >= 11 is 0. The lowest BCUT2D eigenvalue weighted by Gasteiger charge is -2.06. The van der Waals surface area contributed by atoms with E-state index in [1.54, 1.807) is 0 Å². The van der Waals surface area contributed by atoms with Gasteiger partial charge in [0, 0.05) is 6.04 Å². The number of hydrogen-bond acceptors (Lipinski definition) is 1. The predicted molar refractivity (Wildman–Crippen MR) is 27.1 cm³/mol. The van der Waals surface area contributed by atoms with Crippen molar-refractivity contribution in [3.05, 3.63) is 0 Å². The van der Waals surface area contributed by atoms with E-state index < -0.39 is 30.2 Å². The van der Waals surface area contributed by atoms with Gasteiger partial charge in [-0.25, -0.2) is 0 Å². The lowest BCUT2D eigenvalue weighted by atomic mass is 10.3. The average Bonchev–Trinajstić information content (AvgIpc) is 2.35. The van der Waals surface area contributed by atoms with Crippen molar-refractivity contribution < 1.29 is 26.3 Å². The summed E-state index contributed by atoms with van der Waals surface area (Å²) in [6, 6.07) is -1.81. The van der Waals surface area contributed by atoms with Crippen LogP contribution in [-0.2, 0) is 0 Å². The van der Waals surface area contributed by atoms with E-state index in [4.69, 9.17) is 0 Å². The van der Waals surface area contributed by atoms with Gasteiger partial charge in [0.15, 0.2) is 0 Å². The quantitative estimate of drug-likeness (QED) is 0.582. The smallest absolute Gasteiger partial charge is 0.327 e. The minimum absolute atomic E-state index is 1.81. The molecule has 0 bridgehead atoms. The van der Waals surface area contributed by atoms with E-state index in [0.29, 0.717) is 0 Å². The van der Waals surface area contributed by atoms with Crippen LogP contribution in [0, 0.1) is 11.8 Å². The van der Waals surface area contributed by atoms with Crippen molar-refractivity contribution in [3.8, 4) is 0 Å². The summed E-state index contributed by atoms with van der Waals surface area (Å²) in [7, 11) is 0. The molecule has 1 rings (SSSR count). The molecule has 0 aromatic carbocycles. The van der Waals surface area contributed by atoms with Gasteiger partial charge in [0.05, 0.1) is 11.8 Å². The van der Waals surface area contributed by atoms with Crippen molar-refractivity contribution in [2.24, 2.45) is 17.6 Å². The van der Waals surface area contributed by atoms with Gasteiger partial charge < -0.3 is 5.73 Å². The van der Waals surface area contributed by atoms with Gasteiger partial charge in [-0.05, 0) is 0 Å². The predicted octanol–water partition coefficient (Wildman–Crippen LogP) is 1.68. The fourth-order valence-electron chi connectivity index (χ4n) is 1.18. The maximum Gasteiger partial charge on any atom is 0.393 e. The third-order valence-electron chi connectivity index (χ3n) is 1.83. The van der Waals surface area contributed by atoms with E-state index in [-0.39, 0.29) is 0 Å². The van der Waals surface area contributed by atoms with Crippen LogP contribution in [0.1, 0.15) is 0 Å². The average molecular weight is 193 g/mol. The molecule has 0 aromatic heterocycles. The largest absolute Gasteiger partial charge is 0.393 e. The summed E-state index contributed by atoms with van der Waals surface area (Å²) in [5.41, 5.74) is 4.64. The Labute approximate surface area is 63.5 Å². The van der Waals surface area contributed by atoms with Gasteiger partial charge in [-0.15, -0.1) is 0 Å². The Hall–Kier alpha value is -0.460. The van der Waals surface area contributed by atoms with E-state index in [1.807, 2.05) is 0 Å². The van der Waals surface area contributed by atoms with Gasteiger partial charge in [0.25, 0.3) is 0 Å². The molecule has 2 unspecified atom stereocenters. The summed E-state index contributed by atoms with van der Waals surface area (Å²) in [5.74, 6) is -4.81. The summed E-state index contributed by atoms with van der Waals surface area (Å²) in [4.78, 5) is 0. The van der Waals surface area contributed by atoms with E-state index in [1.165, 1.54) is 0 Å². The zero-order valence-electron chi connectivity index (χ0n) is 5.58. The second kappa shape index (κ2) is 2.27. The highest BCUT2D eigenvalue weighted by Gasteiger charge is 2.72. The zero-order chi connectivity index (χ0) is 9.73. The topological polar surface area (TPSA) is 26.0 Å². The fraction of sp³-hybridized carbons (Fsp3) is 1.00. The van der Waals surface area contributed by atoms with Crippen LogP contribution in [0.4, 0.5) is 26.3 Å². The third-order valence-corrected chi connectivity index (χ3v) is 1.83. The summed E-state index contributed by atoms with van der Waals surface area (Å²) in [5, 5.41) is 0. The van der Waals surface area contributed by atoms with Gasteiger partial charge in [0.2, 0.25) is 0 Å². The van der Waals surface area contributed by atoms with Crippen LogP contribution in [0.25, 0.3) is 0 Å². The normalized spacial score (nSPS) is 36.8. The van der Waals surface area contributed by atoms with Crippen LogP contribution in [0.5, 0.6) is 0 Å². The highest BCUT2D eigenvalue weighted by molar-refractivity contribution is 5.08. The molecule has 0 radical (unpaired) electrons. The number of hydrogen-bond donors (Lipinski definition) is 1. The maximum atomic E-state index is 11.7. The Kier molecular flexibility index (Phi) is 1.82. The van der Waals surface area contributed by atoms with Crippen LogP contribution in [0.3, 0.4) is 0 Å². The molecule has 1 fully saturated rings. The van der Waals surface area contributed by atoms with Crippen LogP contribution >= 0.6 is 0 Å². The summed E-state index contributed by atoms with van der Waals surface area (Å²) < 4.78 is 70.1. The Morgan fingerprint density at radius 1 is 0.750 bits per heavy atom. The first-order chi connectivity index (χ1) is 5.15. The maximum absolute atomic E-state index is 11.7. The molecule has 0 heterocycles. The minimum Gasteiger partial charge on any atom is -0.327 e. The van der Waals surface area contributed by atoms with Crippen molar-refractivity contribution in [3.63, 3.8) is 0 Å². The molecule has 0 spiro atoms. The van der Waals surface area contributed by atoms with E-state index in [0.717, 1.165) is 0 Å². The molecule has 0 saturated heterocycles. The van der Waals surface area contributed by atoms with Crippen molar-refractivity contribution >= 4 is 0 Å². The molecule has 0 aliphatic heterocycles. The monoisotopic (exact) mass is 193 g/mol. The number of alkyl halides is 6. The number of nitrogens with two attached hydrogens (primary N) is 1. The van der Waals surface area contributed by atoms with Gasteiger partial charge >= 0.3 is 12.4 Å². The van der Waals surface area contributed by atoms with Crippen LogP contribution < -0.4 is 5.73 Å². The zero-order valence-corrected chi connectivity index (χ0v) is 5.58. The Bertz CT molecular complexity index is 161. The van der Waals surface area contributed by atoms with Crippen LogP contribution in [0.15, 0.2) is 0 Å². The molecule has 0 aromatic rings. The van der Waals surface area contributed by atoms with Gasteiger partial charge in [0.1, 0.15) is 0 Å². The molecule has 7 heteroatoms. The highest BCUT2D eigenvalue weighted by Crippen LogP contribution is 2.56. The molecule has 1 saturated carbocycles. The lowest BCUT2D eigenvalue weighted by Crippen LogP contribution is -2.19. The number of halogens is 6. The molecule has 1 nitrogen and oxygen atoms in total. The molecular formula is C5H5F6N. The van der Waals surface area contributed by atoms with Crippen LogP contribution in [0.2, 0.25) is 0 Å². The Morgan fingerprint density at radius 2 is 1.00 bits per heavy atom. The lowest BCUT2D eigenvalue weighted by molar-refractivity contribution is -0.191. The Balaban J connectivity index is 2.67. The second-order valence-corrected chi connectivity index (χ2v) is 2.71. The highest BCUT2D eigenvalue weighted by atomic mass is 19.4. The standard InChI is InChI=1S/C5H5F6N/c6-4(7,8)1-2(3(1)12)5(9,10)11/h1-3H,12H2. The minimum atomic E-state index is -4.83.